The molecular weight excluding hydrogens is 507 g/mol. The largest absolute Gasteiger partial charge is 0.422 e. The lowest BCUT2D eigenvalue weighted by atomic mass is 9.95. The van der Waals surface area contributed by atoms with Crippen LogP contribution in [0.25, 0.3) is 75.6 Å². The zero-order chi connectivity index (χ0) is 27.3. The molecule has 0 saturated heterocycles. The zero-order valence-corrected chi connectivity index (χ0v) is 20.6. The number of fused-ring (bicyclic) bond motifs is 13. The Morgan fingerprint density at radius 2 is 0.825 bits per heavy atom. The van der Waals surface area contributed by atoms with Crippen LogP contribution in [-0.2, 0) is 0 Å². The molecule has 0 aliphatic heterocycles. The maximum Gasteiger partial charge on any atom is 0.344 e. The van der Waals surface area contributed by atoms with E-state index in [-0.39, 0.29) is 48.7 Å². The minimum absolute atomic E-state index is 0.000618. The van der Waals surface area contributed by atoms with Crippen molar-refractivity contribution in [2.75, 3.05) is 0 Å². The van der Waals surface area contributed by atoms with E-state index in [1.165, 1.54) is 18.2 Å². The van der Waals surface area contributed by atoms with Gasteiger partial charge in [0.1, 0.15) is 11.4 Å². The van der Waals surface area contributed by atoms with Crippen LogP contribution in [0.3, 0.4) is 0 Å². The summed E-state index contributed by atoms with van der Waals surface area (Å²) >= 11 is 0. The maximum atomic E-state index is 14.9. The molecule has 8 aromatic rings. The first-order valence-electron chi connectivity index (χ1n) is 12.6. The van der Waals surface area contributed by atoms with Gasteiger partial charge in [-0.3, -0.25) is 14.4 Å². The van der Waals surface area contributed by atoms with Gasteiger partial charge in [-0.15, -0.1) is 0 Å². The Bertz CT molecular complexity index is 2690. The number of hydrogen-bond donors (Lipinski definition) is 0. The summed E-state index contributed by atoms with van der Waals surface area (Å²) in [4.78, 5) is 56.1. The predicted molar refractivity (Wildman–Crippen MR) is 157 cm³/mol. The van der Waals surface area contributed by atoms with Crippen LogP contribution < -0.4 is 21.9 Å². The molecule has 0 aliphatic carbocycles. The molecule has 0 spiro atoms. The van der Waals surface area contributed by atoms with Crippen LogP contribution in [0, 0.1) is 5.82 Å². The Morgan fingerprint density at radius 1 is 0.425 bits per heavy atom. The van der Waals surface area contributed by atoms with Crippen molar-refractivity contribution in [2.45, 2.75) is 0 Å². The molecule has 6 heteroatoms. The summed E-state index contributed by atoms with van der Waals surface area (Å²) in [5, 5.41) is 3.38. The summed E-state index contributed by atoms with van der Waals surface area (Å²) in [6.07, 6.45) is 0. The summed E-state index contributed by atoms with van der Waals surface area (Å²) in [6.45, 7) is 0. The second-order valence-electron chi connectivity index (χ2n) is 9.90. The summed E-state index contributed by atoms with van der Waals surface area (Å²) in [5.41, 5.74) is -2.05. The molecular formula is C34H15FO5. The van der Waals surface area contributed by atoms with E-state index in [4.69, 9.17) is 4.42 Å². The third kappa shape index (κ3) is 2.74. The Hall–Kier alpha value is -5.49. The van der Waals surface area contributed by atoms with Gasteiger partial charge in [-0.05, 0) is 35.0 Å². The molecule has 0 bridgehead atoms. The fourth-order valence-corrected chi connectivity index (χ4v) is 6.24. The molecule has 40 heavy (non-hydrogen) atoms. The van der Waals surface area contributed by atoms with E-state index < -0.39 is 22.3 Å². The van der Waals surface area contributed by atoms with Gasteiger partial charge in [0.2, 0.25) is 0 Å². The van der Waals surface area contributed by atoms with Crippen LogP contribution in [0.15, 0.2) is 115 Å². The average molecular weight is 522 g/mol. The van der Waals surface area contributed by atoms with Crippen molar-refractivity contribution in [1.29, 1.82) is 0 Å². The Kier molecular flexibility index (Phi) is 4.37. The van der Waals surface area contributed by atoms with E-state index in [9.17, 15) is 23.6 Å². The van der Waals surface area contributed by atoms with E-state index in [2.05, 4.69) is 0 Å². The lowest BCUT2D eigenvalue weighted by Crippen LogP contribution is -2.05. The van der Waals surface area contributed by atoms with Gasteiger partial charge < -0.3 is 4.42 Å². The van der Waals surface area contributed by atoms with Crippen molar-refractivity contribution in [3.8, 4) is 0 Å². The minimum atomic E-state index is -0.788. The van der Waals surface area contributed by atoms with Crippen LogP contribution in [0.2, 0.25) is 0 Å². The normalized spacial score (nSPS) is 12.0. The Balaban J connectivity index is 1.97. The van der Waals surface area contributed by atoms with Crippen molar-refractivity contribution in [1.82, 2.24) is 0 Å². The zero-order valence-electron chi connectivity index (χ0n) is 20.6. The Labute approximate surface area is 222 Å². The molecule has 0 aliphatic rings. The van der Waals surface area contributed by atoms with Crippen LogP contribution in [-0.4, -0.2) is 0 Å². The third-order valence-electron chi connectivity index (χ3n) is 7.87. The minimum Gasteiger partial charge on any atom is -0.422 e. The highest BCUT2D eigenvalue weighted by atomic mass is 19.1. The van der Waals surface area contributed by atoms with E-state index in [0.717, 1.165) is 12.1 Å². The van der Waals surface area contributed by atoms with Gasteiger partial charge in [0.15, 0.2) is 16.3 Å². The van der Waals surface area contributed by atoms with E-state index in [0.29, 0.717) is 32.3 Å². The standard InChI is InChI=1S/C34H15FO5/c35-16-13-14-24-23(15-16)27-29-25(18-8-2-4-10-20(18)32(29)37)28-26(17-7-1-3-9-19(17)31(28)36)30(27)33(38)21-11-5-6-12-22(21)34(39)40-24/h1-15H. The monoisotopic (exact) mass is 522 g/mol. The summed E-state index contributed by atoms with van der Waals surface area (Å²) in [7, 11) is 0. The summed E-state index contributed by atoms with van der Waals surface area (Å²) in [6, 6.07) is 23.8. The molecule has 0 atom stereocenters. The smallest absolute Gasteiger partial charge is 0.344 e. The first kappa shape index (κ1) is 22.5. The third-order valence-corrected chi connectivity index (χ3v) is 7.87. The van der Waals surface area contributed by atoms with Gasteiger partial charge in [-0.1, -0.05) is 66.7 Å². The summed E-state index contributed by atoms with van der Waals surface area (Å²) in [5.74, 6) is -0.640. The van der Waals surface area contributed by atoms with Crippen LogP contribution in [0.5, 0.6) is 0 Å². The fourth-order valence-electron chi connectivity index (χ4n) is 6.24. The average Bonchev–Trinajstić information content (AvgIpc) is 3.45. The van der Waals surface area contributed by atoms with Crippen molar-refractivity contribution in [3.63, 3.8) is 0 Å². The molecule has 0 radical (unpaired) electrons. The van der Waals surface area contributed by atoms with E-state index in [1.807, 2.05) is 0 Å². The second kappa shape index (κ2) is 7.77. The maximum absolute atomic E-state index is 14.9. The van der Waals surface area contributed by atoms with Gasteiger partial charge in [-0.2, -0.15) is 0 Å². The van der Waals surface area contributed by atoms with E-state index >= 15 is 0 Å². The highest BCUT2D eigenvalue weighted by Gasteiger charge is 2.25. The number of benzene rings is 5. The topological polar surface area (TPSA) is 81.4 Å². The quantitative estimate of drug-likeness (QED) is 0.231. The molecule has 5 nitrogen and oxygen atoms in total. The van der Waals surface area contributed by atoms with Crippen LogP contribution in [0.4, 0.5) is 4.39 Å². The number of halogens is 1. The van der Waals surface area contributed by atoms with E-state index in [1.54, 1.807) is 60.7 Å². The van der Waals surface area contributed by atoms with Crippen molar-refractivity contribution in [3.05, 3.63) is 138 Å². The molecule has 0 fully saturated rings. The highest BCUT2D eigenvalue weighted by Crippen LogP contribution is 2.41. The molecule has 0 saturated carbocycles. The molecule has 0 amide bonds. The van der Waals surface area contributed by atoms with Gasteiger partial charge >= 0.3 is 5.63 Å². The van der Waals surface area contributed by atoms with Gasteiger partial charge in [0, 0.05) is 53.9 Å². The molecule has 188 valence electrons. The van der Waals surface area contributed by atoms with Crippen LogP contribution in [0.1, 0.15) is 0 Å². The van der Waals surface area contributed by atoms with Crippen LogP contribution >= 0.6 is 0 Å². The summed E-state index contributed by atoms with van der Waals surface area (Å²) < 4.78 is 20.7. The van der Waals surface area contributed by atoms with Crippen molar-refractivity contribution >= 4 is 75.6 Å². The van der Waals surface area contributed by atoms with Gasteiger partial charge in [0.25, 0.3) is 0 Å². The molecule has 7 aromatic carbocycles. The molecule has 8 rings (SSSR count). The van der Waals surface area contributed by atoms with Gasteiger partial charge in [0.05, 0.1) is 5.39 Å². The SMILES string of the molecule is O=c1oc2ccc(F)cc2c2c(c(=O)c3ccccc13)c1c3ccccc3c(=O)c1c1c3ccccc3c(=O)c21. The number of hydrogen-bond acceptors (Lipinski definition) is 5. The lowest BCUT2D eigenvalue weighted by Gasteiger charge is -2.05. The molecule has 0 N–H and O–H groups in total. The fraction of sp³-hybridized carbons (Fsp3) is 0. The first-order chi connectivity index (χ1) is 19.5. The number of rotatable bonds is 0. The second-order valence-corrected chi connectivity index (χ2v) is 9.90. The molecule has 1 heterocycles. The van der Waals surface area contributed by atoms with Crippen molar-refractivity contribution < 1.29 is 8.81 Å². The van der Waals surface area contributed by atoms with Crippen molar-refractivity contribution in [2.24, 2.45) is 0 Å². The molecule has 1 aromatic heterocycles. The lowest BCUT2D eigenvalue weighted by molar-refractivity contribution is 0.569. The molecule has 0 unspecified atom stereocenters. The van der Waals surface area contributed by atoms with Gasteiger partial charge in [-0.25, -0.2) is 9.18 Å². The predicted octanol–water partition coefficient (Wildman–Crippen LogP) is 6.37. The highest BCUT2D eigenvalue weighted by molar-refractivity contribution is 6.41. The Morgan fingerprint density at radius 3 is 1.32 bits per heavy atom. The first-order valence-corrected chi connectivity index (χ1v) is 12.6.